The molecule has 16 heavy (non-hydrogen) atoms. The second-order valence-corrected chi connectivity index (χ2v) is 4.77. The highest BCUT2D eigenvalue weighted by atomic mass is 16.3. The summed E-state index contributed by atoms with van der Waals surface area (Å²) in [6, 6.07) is 8.74. The molecule has 1 unspecified atom stereocenters. The summed E-state index contributed by atoms with van der Waals surface area (Å²) in [7, 11) is 0. The number of para-hydroxylation sites is 1. The van der Waals surface area contributed by atoms with Crippen LogP contribution in [0.1, 0.15) is 24.4 Å². The summed E-state index contributed by atoms with van der Waals surface area (Å²) in [5.74, 6) is 0.432. The first kappa shape index (κ1) is 10.1. The van der Waals surface area contributed by atoms with E-state index in [0.29, 0.717) is 17.8 Å². The van der Waals surface area contributed by atoms with Gasteiger partial charge in [-0.25, -0.2) is 0 Å². The fourth-order valence-electron chi connectivity index (χ4n) is 3.05. The summed E-state index contributed by atoms with van der Waals surface area (Å²) in [6.45, 7) is 3.23. The van der Waals surface area contributed by atoms with E-state index in [2.05, 4.69) is 10.2 Å². The number of hydrogen-bond acceptors (Lipinski definition) is 3. The number of rotatable bonds is 1. The lowest BCUT2D eigenvalue weighted by atomic mass is 10.0. The monoisotopic (exact) mass is 218 g/mol. The van der Waals surface area contributed by atoms with Gasteiger partial charge in [-0.2, -0.15) is 0 Å². The SMILES string of the molecule is Oc1ccccc1C1CNC[C@@H]2CCCN12. The van der Waals surface area contributed by atoms with E-state index >= 15 is 0 Å². The molecule has 2 aliphatic heterocycles. The first-order valence-electron chi connectivity index (χ1n) is 6.10. The van der Waals surface area contributed by atoms with Crippen LogP contribution in [0.3, 0.4) is 0 Å². The van der Waals surface area contributed by atoms with Crippen LogP contribution < -0.4 is 5.32 Å². The minimum absolute atomic E-state index is 0.349. The standard InChI is InChI=1S/C13H18N2O/c16-13-6-2-1-5-11(13)12-9-14-8-10-4-3-7-15(10)12/h1-2,5-6,10,12,14,16H,3-4,7-9H2/t10-,12?/m0/s1. The Kier molecular flexibility index (Phi) is 2.58. The Hall–Kier alpha value is -1.06. The molecule has 2 atom stereocenters. The molecule has 2 heterocycles. The molecule has 2 N–H and O–H groups in total. The minimum Gasteiger partial charge on any atom is -0.508 e. The van der Waals surface area contributed by atoms with Crippen LogP contribution in [0.25, 0.3) is 0 Å². The van der Waals surface area contributed by atoms with Crippen molar-refractivity contribution in [1.82, 2.24) is 10.2 Å². The van der Waals surface area contributed by atoms with Gasteiger partial charge in [0.05, 0.1) is 6.04 Å². The van der Waals surface area contributed by atoms with E-state index in [4.69, 9.17) is 0 Å². The first-order chi connectivity index (χ1) is 7.86. The molecule has 3 rings (SSSR count). The number of phenolic OH excluding ortho intramolecular Hbond substituents is 1. The van der Waals surface area contributed by atoms with Crippen LogP contribution in [0.4, 0.5) is 0 Å². The molecule has 86 valence electrons. The predicted octanol–water partition coefficient (Wildman–Crippen LogP) is 1.50. The first-order valence-corrected chi connectivity index (χ1v) is 6.10. The summed E-state index contributed by atoms with van der Waals surface area (Å²) >= 11 is 0. The zero-order valence-electron chi connectivity index (χ0n) is 9.39. The Balaban J connectivity index is 1.91. The van der Waals surface area contributed by atoms with Gasteiger partial charge >= 0.3 is 0 Å². The van der Waals surface area contributed by atoms with Crippen LogP contribution in [0, 0.1) is 0 Å². The van der Waals surface area contributed by atoms with Crippen molar-refractivity contribution in [2.75, 3.05) is 19.6 Å². The van der Waals surface area contributed by atoms with Crippen LogP contribution in [0.2, 0.25) is 0 Å². The maximum absolute atomic E-state index is 9.93. The van der Waals surface area contributed by atoms with Crippen LogP contribution in [-0.2, 0) is 0 Å². The van der Waals surface area contributed by atoms with Crippen molar-refractivity contribution < 1.29 is 5.11 Å². The number of aromatic hydroxyl groups is 1. The van der Waals surface area contributed by atoms with E-state index in [9.17, 15) is 5.11 Å². The van der Waals surface area contributed by atoms with E-state index in [1.807, 2.05) is 18.2 Å². The molecular weight excluding hydrogens is 200 g/mol. The van der Waals surface area contributed by atoms with Gasteiger partial charge < -0.3 is 10.4 Å². The van der Waals surface area contributed by atoms with Crippen LogP contribution in [0.15, 0.2) is 24.3 Å². The van der Waals surface area contributed by atoms with Gasteiger partial charge in [-0.1, -0.05) is 18.2 Å². The minimum atomic E-state index is 0.349. The number of nitrogens with one attached hydrogen (secondary N) is 1. The lowest BCUT2D eigenvalue weighted by Gasteiger charge is -2.38. The third kappa shape index (κ3) is 1.60. The molecule has 0 spiro atoms. The van der Waals surface area contributed by atoms with Crippen molar-refractivity contribution in [2.24, 2.45) is 0 Å². The number of benzene rings is 1. The van der Waals surface area contributed by atoms with E-state index < -0.39 is 0 Å². The summed E-state index contributed by atoms with van der Waals surface area (Å²) in [4.78, 5) is 2.55. The van der Waals surface area contributed by atoms with E-state index in [0.717, 1.165) is 18.7 Å². The highest BCUT2D eigenvalue weighted by Crippen LogP contribution is 2.34. The largest absolute Gasteiger partial charge is 0.508 e. The summed E-state index contributed by atoms with van der Waals surface area (Å²) in [5, 5.41) is 13.4. The Morgan fingerprint density at radius 2 is 2.12 bits per heavy atom. The number of hydrogen-bond donors (Lipinski definition) is 2. The summed E-state index contributed by atoms with van der Waals surface area (Å²) < 4.78 is 0. The maximum Gasteiger partial charge on any atom is 0.120 e. The molecule has 2 aliphatic rings. The zero-order chi connectivity index (χ0) is 11.0. The van der Waals surface area contributed by atoms with E-state index in [1.165, 1.54) is 19.4 Å². The molecule has 0 aromatic heterocycles. The van der Waals surface area contributed by atoms with E-state index in [1.54, 1.807) is 6.07 Å². The number of piperazine rings is 1. The van der Waals surface area contributed by atoms with Gasteiger partial charge in [0.2, 0.25) is 0 Å². The van der Waals surface area contributed by atoms with Gasteiger partial charge in [0.25, 0.3) is 0 Å². The van der Waals surface area contributed by atoms with Crippen molar-refractivity contribution in [3.05, 3.63) is 29.8 Å². The molecule has 1 aromatic rings. The van der Waals surface area contributed by atoms with Crippen molar-refractivity contribution in [3.8, 4) is 5.75 Å². The molecule has 1 aromatic carbocycles. The van der Waals surface area contributed by atoms with Gasteiger partial charge in [-0.15, -0.1) is 0 Å². The van der Waals surface area contributed by atoms with Crippen LogP contribution in [-0.4, -0.2) is 35.7 Å². The second kappa shape index (κ2) is 4.07. The van der Waals surface area contributed by atoms with Crippen LogP contribution >= 0.6 is 0 Å². The van der Waals surface area contributed by atoms with Gasteiger partial charge in [-0.3, -0.25) is 4.90 Å². The smallest absolute Gasteiger partial charge is 0.120 e. The highest BCUT2D eigenvalue weighted by molar-refractivity contribution is 5.35. The van der Waals surface area contributed by atoms with Gasteiger partial charge in [0.1, 0.15) is 5.75 Å². The Morgan fingerprint density at radius 3 is 3.00 bits per heavy atom. The van der Waals surface area contributed by atoms with Crippen molar-refractivity contribution in [2.45, 2.75) is 24.9 Å². The fourth-order valence-corrected chi connectivity index (χ4v) is 3.05. The Bertz CT molecular complexity index is 380. The number of nitrogens with zero attached hydrogens (tertiary/aromatic N) is 1. The average Bonchev–Trinajstić information content (AvgIpc) is 2.77. The lowest BCUT2D eigenvalue weighted by molar-refractivity contribution is 0.136. The molecule has 3 heteroatoms. The third-order valence-electron chi connectivity index (χ3n) is 3.84. The predicted molar refractivity (Wildman–Crippen MR) is 63.4 cm³/mol. The molecule has 3 nitrogen and oxygen atoms in total. The maximum atomic E-state index is 9.93. The third-order valence-corrected chi connectivity index (χ3v) is 3.84. The van der Waals surface area contributed by atoms with Gasteiger partial charge in [-0.05, 0) is 25.5 Å². The molecule has 0 amide bonds. The number of fused-ring (bicyclic) bond motifs is 1. The Morgan fingerprint density at radius 1 is 1.25 bits per heavy atom. The molecule has 0 saturated carbocycles. The second-order valence-electron chi connectivity index (χ2n) is 4.77. The van der Waals surface area contributed by atoms with Crippen molar-refractivity contribution >= 4 is 0 Å². The molecular formula is C13H18N2O. The molecule has 2 fully saturated rings. The fraction of sp³-hybridized carbons (Fsp3) is 0.538. The Labute approximate surface area is 96.1 Å². The van der Waals surface area contributed by atoms with Gasteiger partial charge in [0, 0.05) is 24.7 Å². The zero-order valence-corrected chi connectivity index (χ0v) is 9.39. The summed E-state index contributed by atoms with van der Waals surface area (Å²) in [5.41, 5.74) is 1.07. The normalized spacial score (nSPS) is 30.2. The van der Waals surface area contributed by atoms with Crippen molar-refractivity contribution in [1.29, 1.82) is 0 Å². The van der Waals surface area contributed by atoms with E-state index in [-0.39, 0.29) is 0 Å². The topological polar surface area (TPSA) is 35.5 Å². The molecule has 0 aliphatic carbocycles. The summed E-state index contributed by atoms with van der Waals surface area (Å²) in [6.07, 6.45) is 2.58. The quantitative estimate of drug-likeness (QED) is 0.750. The van der Waals surface area contributed by atoms with Crippen LogP contribution in [0.5, 0.6) is 5.75 Å². The number of phenols is 1. The van der Waals surface area contributed by atoms with Gasteiger partial charge in [0.15, 0.2) is 0 Å². The highest BCUT2D eigenvalue weighted by Gasteiger charge is 2.35. The van der Waals surface area contributed by atoms with Crippen molar-refractivity contribution in [3.63, 3.8) is 0 Å². The molecule has 0 bridgehead atoms. The molecule has 0 radical (unpaired) electrons. The average molecular weight is 218 g/mol. The molecule has 2 saturated heterocycles. The lowest BCUT2D eigenvalue weighted by Crippen LogP contribution is -2.49.